The number of hydrogen-bond acceptors (Lipinski definition) is 4. The Morgan fingerprint density at radius 3 is 2.00 bits per heavy atom. The van der Waals surface area contributed by atoms with Crippen molar-refractivity contribution in [3.63, 3.8) is 0 Å². The minimum atomic E-state index is -0.908. The zero-order valence-electron chi connectivity index (χ0n) is 20.0. The van der Waals surface area contributed by atoms with Gasteiger partial charge in [-0.1, -0.05) is 90.4 Å². The van der Waals surface area contributed by atoms with E-state index in [9.17, 15) is 15.2 Å². The highest BCUT2D eigenvalue weighted by atomic mass is 32.1. The van der Waals surface area contributed by atoms with Crippen molar-refractivity contribution in [1.29, 1.82) is 5.26 Å². The second kappa shape index (κ2) is 13.7. The number of carboxylic acids is 1. The van der Waals surface area contributed by atoms with E-state index in [-0.39, 0.29) is 0 Å². The number of nitrogens with zero attached hydrogens (tertiary/aromatic N) is 1. The van der Waals surface area contributed by atoms with Crippen LogP contribution in [0.3, 0.4) is 0 Å². The average Bonchev–Trinajstić information content (AvgIpc) is 3.50. The number of nitriles is 1. The third kappa shape index (κ3) is 6.80. The normalized spacial score (nSPS) is 13.6. The lowest BCUT2D eigenvalue weighted by molar-refractivity contribution is 0.0697. The van der Waals surface area contributed by atoms with E-state index >= 15 is 0 Å². The summed E-state index contributed by atoms with van der Waals surface area (Å²) in [5.74, 6) is -0.908. The molecule has 3 nitrogen and oxygen atoms in total. The Morgan fingerprint density at radius 2 is 1.45 bits per heavy atom. The third-order valence-corrected chi connectivity index (χ3v) is 8.69. The fourth-order valence-corrected chi connectivity index (χ4v) is 6.93. The first kappa shape index (κ1) is 25.7. The predicted octanol–water partition coefficient (Wildman–Crippen LogP) is 9.69. The van der Waals surface area contributed by atoms with Gasteiger partial charge in [0.25, 0.3) is 0 Å². The number of aromatic carboxylic acids is 1. The Hall–Kier alpha value is -1.90. The summed E-state index contributed by atoms with van der Waals surface area (Å²) < 4.78 is 0. The van der Waals surface area contributed by atoms with E-state index in [2.05, 4.69) is 13.0 Å². The van der Waals surface area contributed by atoms with Crippen molar-refractivity contribution in [1.82, 2.24) is 0 Å². The number of allylic oxidation sites excluding steroid dienone is 1. The number of fused-ring (bicyclic) bond motifs is 3. The Labute approximate surface area is 207 Å². The topological polar surface area (TPSA) is 61.1 Å². The van der Waals surface area contributed by atoms with Gasteiger partial charge in [0, 0.05) is 27.7 Å². The van der Waals surface area contributed by atoms with Crippen molar-refractivity contribution >= 4 is 34.2 Å². The Morgan fingerprint density at radius 1 is 0.879 bits per heavy atom. The van der Waals surface area contributed by atoms with Crippen LogP contribution in [0.1, 0.15) is 125 Å². The third-order valence-electron chi connectivity index (χ3n) is 6.63. The summed E-state index contributed by atoms with van der Waals surface area (Å²) >= 11 is 3.11. The molecule has 5 heteroatoms. The maximum absolute atomic E-state index is 11.8. The smallest absolute Gasteiger partial charge is 0.337 e. The zero-order chi connectivity index (χ0) is 23.5. The first-order chi connectivity index (χ1) is 16.2. The van der Waals surface area contributed by atoms with Gasteiger partial charge in [0.1, 0.15) is 0 Å². The number of carbonyl (C=O) groups is 1. The van der Waals surface area contributed by atoms with E-state index < -0.39 is 5.97 Å². The van der Waals surface area contributed by atoms with Crippen molar-refractivity contribution in [3.8, 4) is 15.8 Å². The van der Waals surface area contributed by atoms with Gasteiger partial charge in [-0.15, -0.1) is 22.7 Å². The van der Waals surface area contributed by atoms with Crippen LogP contribution in [0.25, 0.3) is 15.3 Å². The van der Waals surface area contributed by atoms with Crippen molar-refractivity contribution in [3.05, 3.63) is 39.1 Å². The first-order valence-corrected chi connectivity index (χ1v) is 14.5. The molecule has 0 aromatic carbocycles. The molecule has 2 heterocycles. The van der Waals surface area contributed by atoms with Crippen LogP contribution in [0.5, 0.6) is 0 Å². The molecular formula is C28H37NO2S2. The van der Waals surface area contributed by atoms with Crippen LogP contribution in [0.15, 0.2) is 22.4 Å². The van der Waals surface area contributed by atoms with Crippen molar-refractivity contribution in [2.24, 2.45) is 0 Å². The monoisotopic (exact) mass is 483 g/mol. The van der Waals surface area contributed by atoms with Gasteiger partial charge in [-0.2, -0.15) is 5.26 Å². The number of carboxylic acid groups (broad SMARTS) is 1. The minimum absolute atomic E-state index is 0.335. The van der Waals surface area contributed by atoms with E-state index in [1.54, 1.807) is 16.7 Å². The van der Waals surface area contributed by atoms with Crippen LogP contribution in [0.2, 0.25) is 0 Å². The molecule has 0 amide bonds. The van der Waals surface area contributed by atoms with Crippen molar-refractivity contribution in [2.45, 2.75) is 103 Å². The van der Waals surface area contributed by atoms with E-state index in [0.717, 1.165) is 51.3 Å². The lowest BCUT2D eigenvalue weighted by Gasteiger charge is -2.07. The SMILES string of the molecule is CCCCCCCCCCCCCCCCC(C#N)=C1c2ccsc2-c2scc(C(=O)O)c21. The highest BCUT2D eigenvalue weighted by Crippen LogP contribution is 2.53. The lowest BCUT2D eigenvalue weighted by Crippen LogP contribution is -1.99. The zero-order valence-corrected chi connectivity index (χ0v) is 21.6. The van der Waals surface area contributed by atoms with Gasteiger partial charge in [-0.25, -0.2) is 4.79 Å². The van der Waals surface area contributed by atoms with Crippen LogP contribution in [0.4, 0.5) is 0 Å². The molecule has 0 radical (unpaired) electrons. The van der Waals surface area contributed by atoms with Crippen LogP contribution >= 0.6 is 22.7 Å². The average molecular weight is 484 g/mol. The molecule has 0 bridgehead atoms. The van der Waals surface area contributed by atoms with E-state index in [0.29, 0.717) is 5.56 Å². The highest BCUT2D eigenvalue weighted by molar-refractivity contribution is 7.21. The highest BCUT2D eigenvalue weighted by Gasteiger charge is 2.33. The Bertz CT molecular complexity index is 976. The maximum atomic E-state index is 11.8. The summed E-state index contributed by atoms with van der Waals surface area (Å²) in [7, 11) is 0. The summed E-state index contributed by atoms with van der Waals surface area (Å²) in [4.78, 5) is 13.9. The number of thiophene rings is 2. The van der Waals surface area contributed by atoms with Crippen LogP contribution in [-0.2, 0) is 0 Å². The summed E-state index contributed by atoms with van der Waals surface area (Å²) in [5.41, 5.74) is 3.77. The molecule has 1 N–H and O–H groups in total. The number of rotatable bonds is 16. The molecule has 2 aromatic heterocycles. The quantitative estimate of drug-likeness (QED) is 0.163. The van der Waals surface area contributed by atoms with Gasteiger partial charge in [0.2, 0.25) is 0 Å². The molecular weight excluding hydrogens is 446 g/mol. The van der Waals surface area contributed by atoms with Gasteiger partial charge < -0.3 is 5.11 Å². The maximum Gasteiger partial charge on any atom is 0.337 e. The Kier molecular flexibility index (Phi) is 10.7. The number of unbranched alkanes of at least 4 members (excludes halogenated alkanes) is 13. The van der Waals surface area contributed by atoms with E-state index in [4.69, 9.17) is 0 Å². The summed E-state index contributed by atoms with van der Waals surface area (Å²) in [5, 5.41) is 23.3. The standard InChI is InChI=1S/C28H37NO2S2/c1-2-3-4-5-6-7-8-9-10-11-12-13-14-15-16-21(19-29)24-22-17-18-32-26(22)27-25(24)23(20-33-27)28(30)31/h17-18,20H,2-16H2,1H3,(H,30,31). The van der Waals surface area contributed by atoms with Crippen LogP contribution in [-0.4, -0.2) is 11.1 Å². The molecule has 0 fully saturated rings. The molecule has 178 valence electrons. The second-order valence-corrected chi connectivity index (χ2v) is 10.9. The molecule has 1 aliphatic carbocycles. The molecule has 2 aromatic rings. The van der Waals surface area contributed by atoms with Gasteiger partial charge in [0.05, 0.1) is 21.4 Å². The van der Waals surface area contributed by atoms with Gasteiger partial charge >= 0.3 is 5.97 Å². The fourth-order valence-electron chi connectivity index (χ4n) is 4.79. The first-order valence-electron chi connectivity index (χ1n) is 12.8. The van der Waals surface area contributed by atoms with E-state index in [1.807, 2.05) is 11.4 Å². The molecule has 0 unspecified atom stereocenters. The van der Waals surface area contributed by atoms with Crippen molar-refractivity contribution < 1.29 is 9.90 Å². The second-order valence-electron chi connectivity index (χ2n) is 9.13. The predicted molar refractivity (Wildman–Crippen MR) is 141 cm³/mol. The molecule has 3 rings (SSSR count). The summed E-state index contributed by atoms with van der Waals surface area (Å²) in [6.45, 7) is 2.27. The largest absolute Gasteiger partial charge is 0.478 e. The van der Waals surface area contributed by atoms with Gasteiger partial charge in [-0.05, 0) is 24.3 Å². The molecule has 0 saturated carbocycles. The summed E-state index contributed by atoms with van der Waals surface area (Å²) in [6.07, 6.45) is 19.1. The molecule has 0 atom stereocenters. The van der Waals surface area contributed by atoms with Crippen LogP contribution in [0, 0.1) is 11.3 Å². The molecule has 0 saturated heterocycles. The molecule has 0 aliphatic heterocycles. The molecule has 1 aliphatic rings. The Balaban J connectivity index is 1.39. The minimum Gasteiger partial charge on any atom is -0.478 e. The fraction of sp³-hybridized carbons (Fsp3) is 0.571. The molecule has 0 spiro atoms. The molecule has 33 heavy (non-hydrogen) atoms. The lowest BCUT2D eigenvalue weighted by atomic mass is 9.94. The summed E-state index contributed by atoms with van der Waals surface area (Å²) in [6, 6.07) is 4.45. The van der Waals surface area contributed by atoms with Gasteiger partial charge in [-0.3, -0.25) is 0 Å². The van der Waals surface area contributed by atoms with Crippen LogP contribution < -0.4 is 0 Å². The van der Waals surface area contributed by atoms with Crippen molar-refractivity contribution in [2.75, 3.05) is 0 Å². The number of hydrogen-bond donors (Lipinski definition) is 1. The van der Waals surface area contributed by atoms with E-state index in [1.165, 1.54) is 88.4 Å². The van der Waals surface area contributed by atoms with Gasteiger partial charge in [0.15, 0.2) is 0 Å².